The number of nitrogen functional groups attached to an aromatic ring is 1. The van der Waals surface area contributed by atoms with Gasteiger partial charge in [-0.25, -0.2) is 4.98 Å². The van der Waals surface area contributed by atoms with Crippen LogP contribution in [0.4, 0.5) is 11.5 Å². The number of anilines is 2. The maximum Gasteiger partial charge on any atom is 0.133 e. The number of benzene rings is 1. The molecule has 1 aliphatic heterocycles. The SMILES string of the molecule is CCNCc1cc2c(N)nc3cc(N4CCN(C(C)(C)C)CC4)ccc3c2[nH]1. The monoisotopic (exact) mass is 380 g/mol. The van der Waals surface area contributed by atoms with Gasteiger partial charge in [-0.1, -0.05) is 6.92 Å². The minimum absolute atomic E-state index is 0.231. The van der Waals surface area contributed by atoms with Crippen LogP contribution < -0.4 is 16.0 Å². The second kappa shape index (κ2) is 7.26. The van der Waals surface area contributed by atoms with E-state index in [9.17, 15) is 0 Å². The molecular formula is C22H32N6. The van der Waals surface area contributed by atoms with Gasteiger partial charge >= 0.3 is 0 Å². The van der Waals surface area contributed by atoms with E-state index in [1.807, 2.05) is 0 Å². The number of aromatic amines is 1. The molecule has 0 saturated carbocycles. The molecule has 0 amide bonds. The van der Waals surface area contributed by atoms with E-state index >= 15 is 0 Å². The summed E-state index contributed by atoms with van der Waals surface area (Å²) in [5.41, 5.74) is 10.9. The molecular weight excluding hydrogens is 348 g/mol. The van der Waals surface area contributed by atoms with Crippen molar-refractivity contribution in [2.75, 3.05) is 43.4 Å². The Morgan fingerprint density at radius 2 is 1.86 bits per heavy atom. The summed E-state index contributed by atoms with van der Waals surface area (Å²) in [5.74, 6) is 0.594. The Morgan fingerprint density at radius 1 is 1.11 bits per heavy atom. The largest absolute Gasteiger partial charge is 0.383 e. The number of hydrogen-bond donors (Lipinski definition) is 3. The fourth-order valence-corrected chi connectivity index (χ4v) is 4.13. The van der Waals surface area contributed by atoms with Gasteiger partial charge in [-0.15, -0.1) is 0 Å². The van der Waals surface area contributed by atoms with Crippen molar-refractivity contribution >= 4 is 33.3 Å². The standard InChI is InChI=1S/C22H32N6/c1-5-24-14-15-12-18-20(25-15)17-7-6-16(13-19(17)26-21(18)23)27-8-10-28(11-9-27)22(2,3)4/h6-7,12-13,24-25H,5,8-11,14H2,1-4H3,(H2,23,26). The molecule has 4 rings (SSSR count). The maximum absolute atomic E-state index is 6.29. The number of nitrogens with zero attached hydrogens (tertiary/aromatic N) is 3. The van der Waals surface area contributed by atoms with Crippen LogP contribution >= 0.6 is 0 Å². The molecule has 0 unspecified atom stereocenters. The summed E-state index contributed by atoms with van der Waals surface area (Å²) >= 11 is 0. The first-order valence-electron chi connectivity index (χ1n) is 10.3. The number of hydrogen-bond acceptors (Lipinski definition) is 5. The zero-order chi connectivity index (χ0) is 19.9. The molecule has 1 saturated heterocycles. The molecule has 6 heteroatoms. The molecule has 0 aliphatic carbocycles. The highest BCUT2D eigenvalue weighted by Crippen LogP contribution is 2.31. The predicted octanol–water partition coefficient (Wildman–Crippen LogP) is 3.33. The molecule has 2 aromatic heterocycles. The van der Waals surface area contributed by atoms with Crippen LogP contribution in [0.15, 0.2) is 24.3 Å². The highest BCUT2D eigenvalue weighted by atomic mass is 15.3. The third-order valence-corrected chi connectivity index (χ3v) is 5.80. The first-order chi connectivity index (χ1) is 13.4. The zero-order valence-corrected chi connectivity index (χ0v) is 17.5. The minimum atomic E-state index is 0.231. The second-order valence-corrected chi connectivity index (χ2v) is 8.71. The number of H-pyrrole nitrogens is 1. The average molecular weight is 381 g/mol. The predicted molar refractivity (Wildman–Crippen MR) is 119 cm³/mol. The smallest absolute Gasteiger partial charge is 0.133 e. The van der Waals surface area contributed by atoms with E-state index in [-0.39, 0.29) is 5.54 Å². The highest BCUT2D eigenvalue weighted by molar-refractivity contribution is 6.08. The number of fused-ring (bicyclic) bond motifs is 3. The third-order valence-electron chi connectivity index (χ3n) is 5.80. The van der Waals surface area contributed by atoms with Crippen LogP contribution in [0.3, 0.4) is 0 Å². The van der Waals surface area contributed by atoms with Crippen molar-refractivity contribution in [3.63, 3.8) is 0 Å². The second-order valence-electron chi connectivity index (χ2n) is 8.71. The lowest BCUT2D eigenvalue weighted by molar-refractivity contribution is 0.128. The normalized spacial score (nSPS) is 16.4. The van der Waals surface area contributed by atoms with E-state index in [4.69, 9.17) is 10.7 Å². The Hall–Kier alpha value is -2.31. The summed E-state index contributed by atoms with van der Waals surface area (Å²) < 4.78 is 0. The molecule has 3 heterocycles. The van der Waals surface area contributed by atoms with Gasteiger partial charge in [0.25, 0.3) is 0 Å². The van der Waals surface area contributed by atoms with Crippen molar-refractivity contribution in [3.05, 3.63) is 30.0 Å². The van der Waals surface area contributed by atoms with E-state index in [2.05, 4.69) is 72.1 Å². The van der Waals surface area contributed by atoms with Crippen molar-refractivity contribution in [2.24, 2.45) is 0 Å². The van der Waals surface area contributed by atoms with Crippen LogP contribution in [-0.2, 0) is 6.54 Å². The minimum Gasteiger partial charge on any atom is -0.383 e. The summed E-state index contributed by atoms with van der Waals surface area (Å²) in [6.07, 6.45) is 0. The molecule has 0 radical (unpaired) electrons. The van der Waals surface area contributed by atoms with Gasteiger partial charge in [-0.05, 0) is 51.6 Å². The van der Waals surface area contributed by atoms with Gasteiger partial charge in [-0.3, -0.25) is 4.90 Å². The Morgan fingerprint density at radius 3 is 2.54 bits per heavy atom. The van der Waals surface area contributed by atoms with E-state index in [1.54, 1.807) is 0 Å². The molecule has 28 heavy (non-hydrogen) atoms. The topological polar surface area (TPSA) is 73.2 Å². The fourth-order valence-electron chi connectivity index (χ4n) is 4.13. The van der Waals surface area contributed by atoms with Crippen LogP contribution in [0, 0.1) is 0 Å². The molecule has 1 aliphatic rings. The fraction of sp³-hybridized carbons (Fsp3) is 0.500. The Bertz CT molecular complexity index is 976. The number of aromatic nitrogens is 2. The molecule has 0 spiro atoms. The van der Waals surface area contributed by atoms with Gasteiger partial charge in [-0.2, -0.15) is 0 Å². The molecule has 1 aromatic carbocycles. The molecule has 4 N–H and O–H groups in total. The summed E-state index contributed by atoms with van der Waals surface area (Å²) in [4.78, 5) is 13.2. The van der Waals surface area contributed by atoms with Crippen LogP contribution in [0.1, 0.15) is 33.4 Å². The van der Waals surface area contributed by atoms with Crippen molar-refractivity contribution in [2.45, 2.75) is 39.8 Å². The van der Waals surface area contributed by atoms with Crippen LogP contribution in [-0.4, -0.2) is 53.1 Å². The summed E-state index contributed by atoms with van der Waals surface area (Å²) in [5, 5.41) is 5.49. The molecule has 150 valence electrons. The maximum atomic E-state index is 6.29. The number of piperazine rings is 1. The van der Waals surface area contributed by atoms with E-state index in [1.165, 1.54) is 5.69 Å². The average Bonchev–Trinajstić information content (AvgIpc) is 3.10. The van der Waals surface area contributed by atoms with Crippen molar-refractivity contribution in [3.8, 4) is 0 Å². The third kappa shape index (κ3) is 3.54. The number of pyridine rings is 1. The van der Waals surface area contributed by atoms with Gasteiger partial charge < -0.3 is 20.9 Å². The number of nitrogens with two attached hydrogens (primary N) is 1. The van der Waals surface area contributed by atoms with Crippen LogP contribution in [0.5, 0.6) is 0 Å². The van der Waals surface area contributed by atoms with Gasteiger partial charge in [0, 0.05) is 60.4 Å². The lowest BCUT2D eigenvalue weighted by atomic mass is 10.0. The van der Waals surface area contributed by atoms with E-state index < -0.39 is 0 Å². The first kappa shape index (κ1) is 19.0. The van der Waals surface area contributed by atoms with Crippen molar-refractivity contribution < 1.29 is 0 Å². The molecule has 3 aromatic rings. The van der Waals surface area contributed by atoms with Gasteiger partial charge in [0.1, 0.15) is 5.82 Å². The number of nitrogens with one attached hydrogen (secondary N) is 2. The van der Waals surface area contributed by atoms with Crippen molar-refractivity contribution in [1.82, 2.24) is 20.2 Å². The number of rotatable bonds is 4. The lowest BCUT2D eigenvalue weighted by Crippen LogP contribution is -2.53. The van der Waals surface area contributed by atoms with E-state index in [0.29, 0.717) is 5.82 Å². The lowest BCUT2D eigenvalue weighted by Gasteiger charge is -2.43. The Labute approximate surface area is 167 Å². The van der Waals surface area contributed by atoms with Gasteiger partial charge in [0.05, 0.1) is 11.0 Å². The summed E-state index contributed by atoms with van der Waals surface area (Å²) in [7, 11) is 0. The van der Waals surface area contributed by atoms with Crippen LogP contribution in [0.25, 0.3) is 21.8 Å². The summed E-state index contributed by atoms with van der Waals surface area (Å²) in [6, 6.07) is 8.70. The Kier molecular flexibility index (Phi) is 4.93. The Balaban J connectivity index is 1.63. The van der Waals surface area contributed by atoms with Gasteiger partial charge in [0.2, 0.25) is 0 Å². The molecule has 6 nitrogen and oxygen atoms in total. The molecule has 0 bridgehead atoms. The van der Waals surface area contributed by atoms with E-state index in [0.717, 1.165) is 66.8 Å². The van der Waals surface area contributed by atoms with Gasteiger partial charge in [0.15, 0.2) is 0 Å². The first-order valence-corrected chi connectivity index (χ1v) is 10.3. The molecule has 1 fully saturated rings. The van der Waals surface area contributed by atoms with Crippen LogP contribution in [0.2, 0.25) is 0 Å². The zero-order valence-electron chi connectivity index (χ0n) is 17.5. The highest BCUT2D eigenvalue weighted by Gasteiger charge is 2.26. The quantitative estimate of drug-likeness (QED) is 0.647. The summed E-state index contributed by atoms with van der Waals surface area (Å²) in [6.45, 7) is 15.0. The van der Waals surface area contributed by atoms with Crippen molar-refractivity contribution in [1.29, 1.82) is 0 Å². The molecule has 0 atom stereocenters.